The minimum atomic E-state index is -0.443. The number of rotatable bonds is 4. The Kier molecular flexibility index (Phi) is 4.72. The number of thiophene rings is 1. The van der Waals surface area contributed by atoms with Crippen molar-refractivity contribution in [3.05, 3.63) is 57.6 Å². The summed E-state index contributed by atoms with van der Waals surface area (Å²) in [6.07, 6.45) is 1.53. The molecule has 1 N–H and O–H groups in total. The Bertz CT molecular complexity index is 906. The van der Waals surface area contributed by atoms with Crippen LogP contribution in [0.1, 0.15) is 20.2 Å². The number of benzene rings is 1. The molecule has 3 aromatic rings. The maximum absolute atomic E-state index is 12.2. The Morgan fingerprint density at radius 1 is 1.29 bits per heavy atom. The quantitative estimate of drug-likeness (QED) is 0.672. The minimum Gasteiger partial charge on any atom is -0.465 e. The lowest BCUT2D eigenvalue weighted by atomic mass is 10.3. The highest BCUT2D eigenvalue weighted by Gasteiger charge is 2.15. The molecule has 0 aliphatic carbocycles. The monoisotopic (exact) mass is 406 g/mol. The van der Waals surface area contributed by atoms with Gasteiger partial charge in [-0.3, -0.25) is 4.79 Å². The third-order valence-electron chi connectivity index (χ3n) is 3.03. The van der Waals surface area contributed by atoms with Crippen molar-refractivity contribution in [2.75, 3.05) is 12.4 Å². The number of carbonyl (C=O) groups excluding carboxylic acids is 2. The Hall–Kier alpha value is -2.52. The topological polar surface area (TPSA) is 86.1 Å². The molecule has 0 unspecified atom stereocenters. The number of ether oxygens (including phenoxy) is 1. The first-order chi connectivity index (χ1) is 11.6. The lowest BCUT2D eigenvalue weighted by molar-refractivity contribution is 0.0606. The highest BCUT2D eigenvalue weighted by atomic mass is 79.9. The number of aromatic nitrogens is 3. The van der Waals surface area contributed by atoms with Gasteiger partial charge in [-0.2, -0.15) is 0 Å². The number of nitrogens with zero attached hydrogens (tertiary/aromatic N) is 3. The molecular weight excluding hydrogens is 396 g/mol. The summed E-state index contributed by atoms with van der Waals surface area (Å²) in [6, 6.07) is 10.7. The van der Waals surface area contributed by atoms with Gasteiger partial charge in [-0.05, 0) is 30.3 Å². The zero-order chi connectivity index (χ0) is 17.1. The zero-order valence-electron chi connectivity index (χ0n) is 12.4. The van der Waals surface area contributed by atoms with E-state index in [1.807, 2.05) is 24.3 Å². The Morgan fingerprint density at radius 3 is 2.88 bits per heavy atom. The van der Waals surface area contributed by atoms with E-state index in [9.17, 15) is 9.59 Å². The molecule has 1 amide bonds. The largest absolute Gasteiger partial charge is 0.465 e. The summed E-state index contributed by atoms with van der Waals surface area (Å²) in [6.45, 7) is 0. The fraction of sp³-hybridized carbons (Fsp3) is 0.0667. The van der Waals surface area contributed by atoms with Crippen LogP contribution in [0.5, 0.6) is 0 Å². The normalized spacial score (nSPS) is 10.4. The number of methoxy groups -OCH3 is 1. The third-order valence-corrected chi connectivity index (χ3v) is 4.50. The van der Waals surface area contributed by atoms with Crippen LogP contribution in [0.2, 0.25) is 0 Å². The van der Waals surface area contributed by atoms with Gasteiger partial charge in [0.05, 0.1) is 24.0 Å². The molecule has 3 rings (SSSR count). The molecule has 0 atom stereocenters. The molecule has 0 radical (unpaired) electrons. The lowest BCUT2D eigenvalue weighted by Gasteiger charge is -2.00. The Balaban J connectivity index is 1.74. The molecular formula is C15H11BrN4O3S. The fourth-order valence-corrected chi connectivity index (χ4v) is 3.11. The Morgan fingerprint density at radius 2 is 2.12 bits per heavy atom. The van der Waals surface area contributed by atoms with E-state index in [1.54, 1.807) is 12.1 Å². The molecule has 2 aromatic heterocycles. The number of anilines is 1. The van der Waals surface area contributed by atoms with Gasteiger partial charge in [-0.25, -0.2) is 9.48 Å². The molecule has 2 heterocycles. The summed E-state index contributed by atoms with van der Waals surface area (Å²) in [5.74, 6) is -0.851. The maximum atomic E-state index is 12.2. The smallest absolute Gasteiger partial charge is 0.348 e. The van der Waals surface area contributed by atoms with Crippen LogP contribution >= 0.6 is 27.3 Å². The van der Waals surface area contributed by atoms with Gasteiger partial charge in [0.1, 0.15) is 4.88 Å². The van der Waals surface area contributed by atoms with E-state index < -0.39 is 11.9 Å². The van der Waals surface area contributed by atoms with Crippen LogP contribution < -0.4 is 5.32 Å². The summed E-state index contributed by atoms with van der Waals surface area (Å²) < 4.78 is 7.04. The molecule has 1 aromatic carbocycles. The molecule has 0 spiro atoms. The molecule has 0 saturated heterocycles. The molecule has 0 aliphatic heterocycles. The molecule has 122 valence electrons. The van der Waals surface area contributed by atoms with Crippen LogP contribution in [0.15, 0.2) is 47.1 Å². The second kappa shape index (κ2) is 6.93. The number of esters is 1. The predicted octanol–water partition coefficient (Wildman–Crippen LogP) is 3.13. The van der Waals surface area contributed by atoms with Gasteiger partial charge in [0.2, 0.25) is 0 Å². The van der Waals surface area contributed by atoms with E-state index in [-0.39, 0.29) is 5.69 Å². The van der Waals surface area contributed by atoms with Crippen molar-refractivity contribution >= 4 is 44.1 Å². The van der Waals surface area contributed by atoms with E-state index >= 15 is 0 Å². The molecule has 24 heavy (non-hydrogen) atoms. The van der Waals surface area contributed by atoms with Crippen LogP contribution in [0.3, 0.4) is 0 Å². The SMILES string of the molecule is COC(=O)c1ccc(NC(=O)c2cn(-c3cccc(Br)c3)nn2)s1. The van der Waals surface area contributed by atoms with E-state index in [0.29, 0.717) is 9.88 Å². The first-order valence-electron chi connectivity index (χ1n) is 6.74. The summed E-state index contributed by atoms with van der Waals surface area (Å²) in [5.41, 5.74) is 0.947. The van der Waals surface area contributed by atoms with Crippen molar-refractivity contribution < 1.29 is 14.3 Å². The van der Waals surface area contributed by atoms with Crippen LogP contribution in [0, 0.1) is 0 Å². The minimum absolute atomic E-state index is 0.169. The van der Waals surface area contributed by atoms with Gasteiger partial charge in [-0.15, -0.1) is 16.4 Å². The average molecular weight is 407 g/mol. The highest BCUT2D eigenvalue weighted by Crippen LogP contribution is 2.23. The van der Waals surface area contributed by atoms with Gasteiger partial charge >= 0.3 is 5.97 Å². The van der Waals surface area contributed by atoms with Crippen molar-refractivity contribution in [2.24, 2.45) is 0 Å². The second-order valence-electron chi connectivity index (χ2n) is 4.64. The van der Waals surface area contributed by atoms with E-state index in [1.165, 1.54) is 18.0 Å². The lowest BCUT2D eigenvalue weighted by Crippen LogP contribution is -2.11. The summed E-state index contributed by atoms with van der Waals surface area (Å²) in [5, 5.41) is 11.0. The zero-order valence-corrected chi connectivity index (χ0v) is 14.8. The molecule has 0 saturated carbocycles. The first-order valence-corrected chi connectivity index (χ1v) is 8.35. The number of carbonyl (C=O) groups is 2. The number of amides is 1. The van der Waals surface area contributed by atoms with Gasteiger partial charge in [0.25, 0.3) is 5.91 Å². The molecule has 0 aliphatic rings. The summed E-state index contributed by atoms with van der Waals surface area (Å²) in [4.78, 5) is 24.1. The number of hydrogen-bond donors (Lipinski definition) is 1. The van der Waals surface area contributed by atoms with Crippen LogP contribution in [0.25, 0.3) is 5.69 Å². The van der Waals surface area contributed by atoms with Crippen molar-refractivity contribution in [3.63, 3.8) is 0 Å². The second-order valence-corrected chi connectivity index (χ2v) is 6.64. The number of nitrogens with one attached hydrogen (secondary N) is 1. The van der Waals surface area contributed by atoms with Crippen LogP contribution in [-0.2, 0) is 4.74 Å². The fourth-order valence-electron chi connectivity index (χ4n) is 1.90. The van der Waals surface area contributed by atoms with Gasteiger partial charge in [0.15, 0.2) is 5.69 Å². The molecule has 0 bridgehead atoms. The molecule has 9 heteroatoms. The van der Waals surface area contributed by atoms with Crippen molar-refractivity contribution in [2.45, 2.75) is 0 Å². The summed E-state index contributed by atoms with van der Waals surface area (Å²) >= 11 is 4.51. The number of hydrogen-bond acceptors (Lipinski definition) is 6. The van der Waals surface area contributed by atoms with E-state index in [0.717, 1.165) is 21.5 Å². The number of halogens is 1. The van der Waals surface area contributed by atoms with Crippen molar-refractivity contribution in [1.82, 2.24) is 15.0 Å². The van der Waals surface area contributed by atoms with Crippen LogP contribution in [0.4, 0.5) is 5.00 Å². The first kappa shape index (κ1) is 16.3. The Labute approximate surface area is 149 Å². The van der Waals surface area contributed by atoms with E-state index in [2.05, 4.69) is 36.3 Å². The van der Waals surface area contributed by atoms with Gasteiger partial charge < -0.3 is 10.1 Å². The van der Waals surface area contributed by atoms with Crippen LogP contribution in [-0.4, -0.2) is 34.0 Å². The third kappa shape index (κ3) is 3.52. The maximum Gasteiger partial charge on any atom is 0.348 e. The van der Waals surface area contributed by atoms with Gasteiger partial charge in [0, 0.05) is 4.47 Å². The average Bonchev–Trinajstić information content (AvgIpc) is 3.23. The highest BCUT2D eigenvalue weighted by molar-refractivity contribution is 9.10. The standard InChI is InChI=1S/C15H11BrN4O3S/c1-23-15(22)12-5-6-13(24-12)17-14(21)11-8-20(19-18-11)10-4-2-3-9(16)7-10/h2-8H,1H3,(H,17,21). The van der Waals surface area contributed by atoms with Gasteiger partial charge in [-0.1, -0.05) is 27.2 Å². The summed E-state index contributed by atoms with van der Waals surface area (Å²) in [7, 11) is 1.31. The predicted molar refractivity (Wildman–Crippen MR) is 92.7 cm³/mol. The molecule has 7 nitrogen and oxygen atoms in total. The molecule has 0 fully saturated rings. The van der Waals surface area contributed by atoms with Crippen molar-refractivity contribution in [3.8, 4) is 5.69 Å². The van der Waals surface area contributed by atoms with Crippen molar-refractivity contribution in [1.29, 1.82) is 0 Å². The van der Waals surface area contributed by atoms with E-state index in [4.69, 9.17) is 0 Å².